The van der Waals surface area contributed by atoms with Gasteiger partial charge in [0.25, 0.3) is 11.8 Å². The Balaban J connectivity index is 1.79. The molecule has 15 heteroatoms. The second kappa shape index (κ2) is 8.38. The van der Waals surface area contributed by atoms with Crippen molar-refractivity contribution < 1.29 is 24.3 Å². The maximum Gasteiger partial charge on any atom is 0.352 e. The van der Waals surface area contributed by atoms with Crippen molar-refractivity contribution in [1.29, 1.82) is 0 Å². The highest BCUT2D eigenvalue weighted by Gasteiger charge is 2.54. The van der Waals surface area contributed by atoms with E-state index < -0.39 is 29.2 Å². The first kappa shape index (κ1) is 20.4. The Bertz CT molecular complexity index is 982. The van der Waals surface area contributed by atoms with Crippen LogP contribution in [0.15, 0.2) is 26.9 Å². The predicted octanol–water partition coefficient (Wildman–Crippen LogP) is 0.125. The summed E-state index contributed by atoms with van der Waals surface area (Å²) in [5, 5.41) is 20.2. The zero-order valence-corrected chi connectivity index (χ0v) is 16.4. The van der Waals surface area contributed by atoms with E-state index in [0.717, 1.165) is 16.2 Å². The lowest BCUT2D eigenvalue weighted by atomic mass is 10.0. The number of rotatable bonds is 7. The minimum atomic E-state index is -1.31. The van der Waals surface area contributed by atoms with Crippen LogP contribution in [-0.4, -0.2) is 69.3 Å². The molecule has 1 aromatic heterocycles. The molecule has 2 aliphatic heterocycles. The monoisotopic (exact) mass is 438 g/mol. The number of β-lactam (4-membered cyclic amide) rings is 1. The summed E-state index contributed by atoms with van der Waals surface area (Å²) in [6.07, 6.45) is 0. The Hall–Kier alpha value is -3.29. The number of thiazole rings is 1. The number of carboxylic acid groups (broad SMARTS) is 1. The fourth-order valence-corrected chi connectivity index (χ4v) is 4.71. The van der Waals surface area contributed by atoms with Crippen LogP contribution in [0.2, 0.25) is 0 Å². The lowest BCUT2D eigenvalue weighted by Crippen LogP contribution is -2.71. The molecule has 0 spiro atoms. The maximum absolute atomic E-state index is 12.6. The molecule has 0 saturated carbocycles. The van der Waals surface area contributed by atoms with Gasteiger partial charge in [0.05, 0.1) is 6.54 Å². The number of azide groups is 1. The molecule has 0 aliphatic carbocycles. The number of nitrogen functional groups attached to an aromatic ring is 1. The summed E-state index contributed by atoms with van der Waals surface area (Å²) in [7, 11) is 1.26. The van der Waals surface area contributed by atoms with Crippen molar-refractivity contribution in [2.75, 3.05) is 25.1 Å². The van der Waals surface area contributed by atoms with E-state index >= 15 is 0 Å². The number of carboxylic acids is 1. The third kappa shape index (κ3) is 3.83. The molecule has 0 radical (unpaired) electrons. The molecule has 3 rings (SSSR count). The van der Waals surface area contributed by atoms with Gasteiger partial charge in [0.15, 0.2) is 10.8 Å². The summed E-state index contributed by atoms with van der Waals surface area (Å²) in [5.41, 5.74) is 14.2. The summed E-state index contributed by atoms with van der Waals surface area (Å²) >= 11 is 2.36. The highest BCUT2D eigenvalue weighted by Crippen LogP contribution is 2.40. The molecule has 1 fully saturated rings. The zero-order valence-electron chi connectivity index (χ0n) is 14.8. The first-order valence-corrected chi connectivity index (χ1v) is 9.86. The first-order valence-electron chi connectivity index (χ1n) is 7.93. The largest absolute Gasteiger partial charge is 0.477 e. The maximum atomic E-state index is 12.6. The number of anilines is 1. The Morgan fingerprint density at radius 1 is 1.59 bits per heavy atom. The molecule has 152 valence electrons. The molecular formula is C14H14N8O5S2. The molecular weight excluding hydrogens is 424 g/mol. The average molecular weight is 438 g/mol. The van der Waals surface area contributed by atoms with Gasteiger partial charge in [-0.15, -0.1) is 23.1 Å². The molecule has 4 N–H and O–H groups in total. The molecule has 2 aliphatic rings. The fraction of sp³-hybridized carbons (Fsp3) is 0.357. The number of nitrogens with two attached hydrogens (primary N) is 1. The molecule has 1 aromatic rings. The molecule has 2 amide bonds. The van der Waals surface area contributed by atoms with Gasteiger partial charge in [-0.05, 0) is 11.1 Å². The lowest BCUT2D eigenvalue weighted by molar-refractivity contribution is -0.150. The van der Waals surface area contributed by atoms with E-state index in [2.05, 4.69) is 30.3 Å². The minimum Gasteiger partial charge on any atom is -0.477 e. The van der Waals surface area contributed by atoms with E-state index in [9.17, 15) is 19.5 Å². The van der Waals surface area contributed by atoms with Crippen molar-refractivity contribution in [2.24, 2.45) is 10.3 Å². The number of carbonyl (C=O) groups excluding carboxylic acids is 2. The van der Waals surface area contributed by atoms with Crippen molar-refractivity contribution in [3.05, 3.63) is 32.8 Å². The highest BCUT2D eigenvalue weighted by molar-refractivity contribution is 8.00. The Morgan fingerprint density at radius 2 is 2.34 bits per heavy atom. The van der Waals surface area contributed by atoms with E-state index in [1.807, 2.05) is 0 Å². The van der Waals surface area contributed by atoms with Crippen molar-refractivity contribution in [2.45, 2.75) is 11.4 Å². The second-order valence-corrected chi connectivity index (χ2v) is 7.70. The van der Waals surface area contributed by atoms with E-state index in [1.54, 1.807) is 0 Å². The normalized spacial score (nSPS) is 21.1. The minimum absolute atomic E-state index is 0.158. The fourth-order valence-electron chi connectivity index (χ4n) is 2.82. The van der Waals surface area contributed by atoms with Crippen molar-refractivity contribution >= 4 is 51.7 Å². The Morgan fingerprint density at radius 3 is 2.93 bits per heavy atom. The number of hydrogen-bond donors (Lipinski definition) is 3. The smallest absolute Gasteiger partial charge is 0.352 e. The number of thioether (sulfide) groups is 1. The summed E-state index contributed by atoms with van der Waals surface area (Å²) < 4.78 is 0. The average Bonchev–Trinajstić information content (AvgIpc) is 3.13. The van der Waals surface area contributed by atoms with Gasteiger partial charge >= 0.3 is 5.97 Å². The lowest BCUT2D eigenvalue weighted by Gasteiger charge is -2.49. The number of nitrogens with one attached hydrogen (secondary N) is 1. The first-order chi connectivity index (χ1) is 13.9. The van der Waals surface area contributed by atoms with Crippen LogP contribution in [0.3, 0.4) is 0 Å². The Labute approximate surface area is 171 Å². The van der Waals surface area contributed by atoms with Gasteiger partial charge in [-0.1, -0.05) is 10.3 Å². The van der Waals surface area contributed by atoms with Crippen LogP contribution in [0, 0.1) is 0 Å². The predicted molar refractivity (Wildman–Crippen MR) is 104 cm³/mol. The number of fused-ring (bicyclic) bond motifs is 1. The summed E-state index contributed by atoms with van der Waals surface area (Å²) in [6, 6.07) is -0.957. The number of aliphatic carboxylic acids is 1. The number of nitrogens with zero attached hydrogens (tertiary/aromatic N) is 6. The molecule has 2 atom stereocenters. The summed E-state index contributed by atoms with van der Waals surface area (Å²) in [6.45, 7) is -0.158. The third-order valence-corrected chi connectivity index (χ3v) is 6.04. The molecule has 3 heterocycles. The van der Waals surface area contributed by atoms with Crippen LogP contribution in [0.1, 0.15) is 5.69 Å². The quantitative estimate of drug-likeness (QED) is 0.133. The van der Waals surface area contributed by atoms with Crippen LogP contribution in [0.25, 0.3) is 10.4 Å². The second-order valence-electron chi connectivity index (χ2n) is 5.70. The van der Waals surface area contributed by atoms with Crippen molar-refractivity contribution in [1.82, 2.24) is 15.2 Å². The van der Waals surface area contributed by atoms with Crippen LogP contribution in [-0.2, 0) is 19.2 Å². The van der Waals surface area contributed by atoms with Crippen LogP contribution in [0.5, 0.6) is 0 Å². The standard InChI is InChI=1S/C14H14N8O5S2/c1-27-20-7(6-4-29-14(15)18-6)10(23)19-8-11(24)22-9(13(25)26)5(2-17-21-16)3-28-12(8)22/h4,8,12H,2-3H2,1H3,(H2,15,18)(H,19,23)(H,25,26)/b20-7+/t8?,12-/m1/s1. The van der Waals surface area contributed by atoms with E-state index in [0.29, 0.717) is 5.57 Å². The van der Waals surface area contributed by atoms with E-state index in [4.69, 9.17) is 11.3 Å². The highest BCUT2D eigenvalue weighted by atomic mass is 32.2. The van der Waals surface area contributed by atoms with Crippen LogP contribution >= 0.6 is 23.1 Å². The van der Waals surface area contributed by atoms with Crippen molar-refractivity contribution in [3.8, 4) is 0 Å². The summed E-state index contributed by atoms with van der Waals surface area (Å²) in [4.78, 5) is 49.2. The third-order valence-electron chi connectivity index (χ3n) is 4.02. The number of aromatic nitrogens is 1. The molecule has 0 bridgehead atoms. The van der Waals surface area contributed by atoms with Gasteiger partial charge in [0.2, 0.25) is 0 Å². The molecule has 1 saturated heterocycles. The van der Waals surface area contributed by atoms with Gasteiger partial charge in [0, 0.05) is 16.0 Å². The molecule has 29 heavy (non-hydrogen) atoms. The molecule has 0 aromatic carbocycles. The van der Waals surface area contributed by atoms with Gasteiger partial charge in [-0.3, -0.25) is 14.5 Å². The Kier molecular flexibility index (Phi) is 5.91. The van der Waals surface area contributed by atoms with Crippen LogP contribution in [0.4, 0.5) is 5.13 Å². The molecule has 1 unspecified atom stereocenters. The number of carbonyl (C=O) groups is 3. The zero-order chi connectivity index (χ0) is 21.1. The van der Waals surface area contributed by atoms with E-state index in [1.165, 1.54) is 24.3 Å². The van der Waals surface area contributed by atoms with Gasteiger partial charge in [-0.2, -0.15) is 0 Å². The number of oxime groups is 1. The summed E-state index contributed by atoms with van der Waals surface area (Å²) in [5.74, 6) is -2.38. The van der Waals surface area contributed by atoms with Crippen LogP contribution < -0.4 is 11.1 Å². The van der Waals surface area contributed by atoms with Gasteiger partial charge in [-0.25, -0.2) is 9.78 Å². The van der Waals surface area contributed by atoms with Gasteiger partial charge in [0.1, 0.15) is 29.9 Å². The number of hydrogen-bond acceptors (Lipinski definition) is 10. The number of amides is 2. The topological polar surface area (TPSA) is 196 Å². The SMILES string of the molecule is CO/N=C(/C(=O)NC1C(=O)N2C(C(=O)O)=C(CN=[N+]=[N-])CS[C@H]12)c1csc(N)n1. The van der Waals surface area contributed by atoms with Crippen molar-refractivity contribution in [3.63, 3.8) is 0 Å². The molecule has 13 nitrogen and oxygen atoms in total. The van der Waals surface area contributed by atoms with Gasteiger partial charge < -0.3 is 21.0 Å². The van der Waals surface area contributed by atoms with E-state index in [-0.39, 0.29) is 34.5 Å².